The van der Waals surface area contributed by atoms with Gasteiger partial charge in [0.25, 0.3) is 5.56 Å². The van der Waals surface area contributed by atoms with Crippen LogP contribution in [0.1, 0.15) is 11.1 Å². The molecule has 2 rings (SSSR count). The third kappa shape index (κ3) is 3.55. The fraction of sp³-hybridized carbons (Fsp3) is 0.0833. The fourth-order valence-corrected chi connectivity index (χ4v) is 2.37. The Kier molecular flexibility index (Phi) is 3.90. The van der Waals surface area contributed by atoms with Crippen molar-refractivity contribution < 1.29 is 13.2 Å². The first-order chi connectivity index (χ1) is 9.79. The van der Waals surface area contributed by atoms with Crippen LogP contribution in [-0.4, -0.2) is 9.97 Å². The summed E-state index contributed by atoms with van der Waals surface area (Å²) in [7, 11) is 0. The number of nitrogens with zero attached hydrogens (tertiary/aromatic N) is 2. The Morgan fingerprint density at radius 1 is 1.33 bits per heavy atom. The van der Waals surface area contributed by atoms with E-state index in [1.54, 1.807) is 0 Å². The van der Waals surface area contributed by atoms with Crippen LogP contribution in [0.5, 0.6) is 0 Å². The highest BCUT2D eigenvalue weighted by Gasteiger charge is 2.33. The second-order valence-electron chi connectivity index (χ2n) is 3.89. The van der Waals surface area contributed by atoms with E-state index < -0.39 is 22.9 Å². The van der Waals surface area contributed by atoms with Crippen LogP contribution in [0.15, 0.2) is 39.1 Å². The lowest BCUT2D eigenvalue weighted by Crippen LogP contribution is -2.10. The van der Waals surface area contributed by atoms with Crippen molar-refractivity contribution in [1.82, 2.24) is 9.97 Å². The van der Waals surface area contributed by atoms with Crippen LogP contribution in [0.4, 0.5) is 19.0 Å². The maximum absolute atomic E-state index is 12.8. The summed E-state index contributed by atoms with van der Waals surface area (Å²) in [4.78, 5) is 17.5. The molecule has 0 saturated heterocycles. The third-order valence-electron chi connectivity index (χ3n) is 2.37. The molecule has 0 spiro atoms. The minimum absolute atomic E-state index is 0.0362. The molecule has 1 aromatic carbocycles. The molecule has 5 nitrogen and oxygen atoms in total. The molecule has 0 atom stereocenters. The highest BCUT2D eigenvalue weighted by Crippen LogP contribution is 2.35. The molecule has 0 bridgehead atoms. The first-order valence-corrected chi connectivity index (χ1v) is 6.27. The summed E-state index contributed by atoms with van der Waals surface area (Å²) < 4.78 is 38.5. The van der Waals surface area contributed by atoms with Gasteiger partial charge < -0.3 is 10.7 Å². The minimum Gasteiger partial charge on any atom is -0.383 e. The summed E-state index contributed by atoms with van der Waals surface area (Å²) in [5.41, 5.74) is 3.37. The first kappa shape index (κ1) is 14.9. The zero-order valence-corrected chi connectivity index (χ0v) is 11.0. The summed E-state index contributed by atoms with van der Waals surface area (Å²) in [6.45, 7) is 0. The molecule has 0 unspecified atom stereocenters. The van der Waals surface area contributed by atoms with Crippen molar-refractivity contribution in [2.45, 2.75) is 16.2 Å². The van der Waals surface area contributed by atoms with E-state index in [0.29, 0.717) is 0 Å². The number of nitrogens with two attached hydrogens (primary N) is 1. The van der Waals surface area contributed by atoms with Crippen molar-refractivity contribution in [3.8, 4) is 6.07 Å². The molecule has 2 aromatic rings. The van der Waals surface area contributed by atoms with E-state index >= 15 is 0 Å². The second-order valence-corrected chi connectivity index (χ2v) is 4.96. The average Bonchev–Trinajstić information content (AvgIpc) is 2.36. The molecule has 0 amide bonds. The molecule has 0 aliphatic carbocycles. The number of nitrogen functional groups attached to an aromatic ring is 1. The molecule has 0 fully saturated rings. The van der Waals surface area contributed by atoms with Gasteiger partial charge in [-0.15, -0.1) is 0 Å². The zero-order chi connectivity index (χ0) is 15.6. The summed E-state index contributed by atoms with van der Waals surface area (Å²) in [5.74, 6) is -0.0362. The highest BCUT2D eigenvalue weighted by molar-refractivity contribution is 7.99. The number of alkyl halides is 3. The largest absolute Gasteiger partial charge is 0.417 e. The van der Waals surface area contributed by atoms with Gasteiger partial charge in [-0.1, -0.05) is 11.8 Å². The molecule has 21 heavy (non-hydrogen) atoms. The van der Waals surface area contributed by atoms with Gasteiger partial charge in [0.15, 0.2) is 5.16 Å². The quantitative estimate of drug-likeness (QED) is 0.830. The molecule has 1 heterocycles. The van der Waals surface area contributed by atoms with Crippen LogP contribution in [0.2, 0.25) is 0 Å². The molecule has 9 heteroatoms. The van der Waals surface area contributed by atoms with Crippen LogP contribution < -0.4 is 11.3 Å². The number of hydrogen-bond donors (Lipinski definition) is 2. The van der Waals surface area contributed by atoms with Gasteiger partial charge in [-0.05, 0) is 18.2 Å². The van der Waals surface area contributed by atoms with Crippen molar-refractivity contribution in [2.75, 3.05) is 5.73 Å². The number of nitriles is 1. The Morgan fingerprint density at radius 3 is 2.62 bits per heavy atom. The van der Waals surface area contributed by atoms with Gasteiger partial charge in [-0.25, -0.2) is 4.98 Å². The summed E-state index contributed by atoms with van der Waals surface area (Å²) in [6, 6.07) is 5.77. The summed E-state index contributed by atoms with van der Waals surface area (Å²) in [5, 5.41) is 8.77. The van der Waals surface area contributed by atoms with Crippen molar-refractivity contribution >= 4 is 17.6 Å². The Bertz CT molecular complexity index is 779. The maximum atomic E-state index is 12.8. The Hall–Kier alpha value is -2.47. The number of aromatic amines is 1. The third-order valence-corrected chi connectivity index (χ3v) is 3.25. The molecular weight excluding hydrogens is 305 g/mol. The lowest BCUT2D eigenvalue weighted by molar-refractivity contribution is -0.137. The Morgan fingerprint density at radius 2 is 2.05 bits per heavy atom. The van der Waals surface area contributed by atoms with E-state index in [2.05, 4.69) is 9.97 Å². The number of halogens is 3. The molecule has 0 aliphatic heterocycles. The van der Waals surface area contributed by atoms with Gasteiger partial charge in [0.2, 0.25) is 0 Å². The van der Waals surface area contributed by atoms with Crippen LogP contribution in [-0.2, 0) is 6.18 Å². The predicted octanol–water partition coefficient (Wildman–Crippen LogP) is 2.39. The SMILES string of the molecule is N#Cc1ccc(Sc2nc(N)cc(=O)[nH]2)cc1C(F)(F)F. The highest BCUT2D eigenvalue weighted by atomic mass is 32.2. The zero-order valence-electron chi connectivity index (χ0n) is 10.2. The van der Waals surface area contributed by atoms with Crippen molar-refractivity contribution in [1.29, 1.82) is 5.26 Å². The van der Waals surface area contributed by atoms with E-state index in [1.165, 1.54) is 12.1 Å². The topological polar surface area (TPSA) is 95.6 Å². The van der Waals surface area contributed by atoms with Crippen LogP contribution >= 0.6 is 11.8 Å². The molecule has 3 N–H and O–H groups in total. The Balaban J connectivity index is 2.42. The van der Waals surface area contributed by atoms with Gasteiger partial charge in [0, 0.05) is 11.0 Å². The van der Waals surface area contributed by atoms with E-state index in [9.17, 15) is 18.0 Å². The van der Waals surface area contributed by atoms with Gasteiger partial charge in [0.05, 0.1) is 17.2 Å². The second kappa shape index (κ2) is 5.49. The maximum Gasteiger partial charge on any atom is 0.417 e. The van der Waals surface area contributed by atoms with Gasteiger partial charge in [0.1, 0.15) is 5.82 Å². The molecule has 108 valence electrons. The Labute approximate surface area is 120 Å². The first-order valence-electron chi connectivity index (χ1n) is 5.45. The molecule has 0 aliphatic rings. The van der Waals surface area contributed by atoms with E-state index in [4.69, 9.17) is 11.0 Å². The van der Waals surface area contributed by atoms with Crippen LogP contribution in [0.3, 0.4) is 0 Å². The van der Waals surface area contributed by atoms with E-state index in [1.807, 2.05) is 0 Å². The molecule has 0 radical (unpaired) electrons. The van der Waals surface area contributed by atoms with Gasteiger partial charge in [-0.2, -0.15) is 18.4 Å². The summed E-state index contributed by atoms with van der Waals surface area (Å²) in [6.07, 6.45) is -4.64. The number of hydrogen-bond acceptors (Lipinski definition) is 5. The lowest BCUT2D eigenvalue weighted by atomic mass is 10.1. The lowest BCUT2D eigenvalue weighted by Gasteiger charge is -2.10. The number of aromatic nitrogens is 2. The number of H-pyrrole nitrogens is 1. The minimum atomic E-state index is -4.64. The van der Waals surface area contributed by atoms with Gasteiger partial charge >= 0.3 is 6.18 Å². The van der Waals surface area contributed by atoms with Crippen molar-refractivity contribution in [3.05, 3.63) is 45.7 Å². The number of rotatable bonds is 2. The smallest absolute Gasteiger partial charge is 0.383 e. The fourth-order valence-electron chi connectivity index (χ4n) is 1.53. The average molecular weight is 312 g/mol. The van der Waals surface area contributed by atoms with Crippen molar-refractivity contribution in [3.63, 3.8) is 0 Å². The van der Waals surface area contributed by atoms with Crippen LogP contribution in [0, 0.1) is 11.3 Å². The van der Waals surface area contributed by atoms with Gasteiger partial charge in [-0.3, -0.25) is 4.79 Å². The van der Waals surface area contributed by atoms with Crippen molar-refractivity contribution in [2.24, 2.45) is 0 Å². The predicted molar refractivity (Wildman–Crippen MR) is 69.6 cm³/mol. The summed E-state index contributed by atoms with van der Waals surface area (Å²) >= 11 is 0.809. The number of benzene rings is 1. The van der Waals surface area contributed by atoms with E-state index in [0.717, 1.165) is 30.0 Å². The van der Waals surface area contributed by atoms with E-state index in [-0.39, 0.29) is 15.9 Å². The molecule has 1 aromatic heterocycles. The normalized spacial score (nSPS) is 11.1. The monoisotopic (exact) mass is 312 g/mol. The number of anilines is 1. The molecule has 0 saturated carbocycles. The molecular formula is C12H7F3N4OS. The standard InChI is InChI=1S/C12H7F3N4OS/c13-12(14,15)8-3-7(2-1-6(8)5-16)21-11-18-9(17)4-10(20)19-11/h1-4H,(H3,17,18,19,20). The van der Waals surface area contributed by atoms with Crippen LogP contribution in [0.25, 0.3) is 0 Å². The number of nitrogens with one attached hydrogen (secondary N) is 1.